The highest BCUT2D eigenvalue weighted by atomic mass is 16.4. The van der Waals surface area contributed by atoms with Gasteiger partial charge in [0.15, 0.2) is 6.04 Å². The highest BCUT2D eigenvalue weighted by Gasteiger charge is 2.29. The van der Waals surface area contributed by atoms with Gasteiger partial charge in [-0.3, -0.25) is 0 Å². The fourth-order valence-corrected chi connectivity index (χ4v) is 2.39. The molecular formula is C12H22N2O4. The molecule has 1 aliphatic carbocycles. The summed E-state index contributed by atoms with van der Waals surface area (Å²) in [6, 6.07) is -1.71. The number of carboxylic acid groups (broad SMARTS) is 1. The van der Waals surface area contributed by atoms with Gasteiger partial charge in [-0.05, 0) is 24.7 Å². The van der Waals surface area contributed by atoms with E-state index in [9.17, 15) is 9.59 Å². The molecule has 1 unspecified atom stereocenters. The fourth-order valence-electron chi connectivity index (χ4n) is 2.39. The Morgan fingerprint density at radius 3 is 2.61 bits per heavy atom. The zero-order valence-electron chi connectivity index (χ0n) is 10.9. The smallest absolute Gasteiger partial charge is 0.328 e. The zero-order chi connectivity index (χ0) is 13.8. The quantitative estimate of drug-likeness (QED) is 0.596. The van der Waals surface area contributed by atoms with Crippen LogP contribution in [0.3, 0.4) is 0 Å². The Morgan fingerprint density at radius 1 is 1.44 bits per heavy atom. The molecule has 6 heteroatoms. The molecule has 0 aromatic heterocycles. The summed E-state index contributed by atoms with van der Waals surface area (Å²) in [6.07, 6.45) is 3.99. The van der Waals surface area contributed by atoms with Crippen molar-refractivity contribution in [3.63, 3.8) is 0 Å². The molecule has 0 heterocycles. The number of rotatable bonds is 4. The summed E-state index contributed by atoms with van der Waals surface area (Å²) >= 11 is 0. The number of amides is 2. The van der Waals surface area contributed by atoms with Gasteiger partial charge in [0.05, 0.1) is 6.61 Å². The summed E-state index contributed by atoms with van der Waals surface area (Å²) in [7, 11) is 0. The standard InChI is InChI=1S/C12H22N2O4/c1-12(2)5-3-4-8(6-12)13-11(18)14-9(7-15)10(16)17/h8-9,15H,3-7H2,1-2H3,(H,16,17)(H2,13,14,18)/t8?,9-/m1/s1. The van der Waals surface area contributed by atoms with Crippen LogP contribution in [0.2, 0.25) is 0 Å². The Hall–Kier alpha value is -1.30. The maximum Gasteiger partial charge on any atom is 0.328 e. The molecule has 1 rings (SSSR count). The summed E-state index contributed by atoms with van der Waals surface area (Å²) in [6.45, 7) is 3.71. The summed E-state index contributed by atoms with van der Waals surface area (Å²) in [5, 5.41) is 22.5. The molecule has 2 atom stereocenters. The molecule has 0 aromatic carbocycles. The minimum Gasteiger partial charge on any atom is -0.480 e. The predicted molar refractivity (Wildman–Crippen MR) is 66.2 cm³/mol. The Labute approximate surface area is 107 Å². The second-order valence-electron chi connectivity index (χ2n) is 5.65. The van der Waals surface area contributed by atoms with E-state index in [2.05, 4.69) is 24.5 Å². The van der Waals surface area contributed by atoms with Gasteiger partial charge in [0.1, 0.15) is 0 Å². The molecule has 0 bridgehead atoms. The first-order valence-corrected chi connectivity index (χ1v) is 6.25. The van der Waals surface area contributed by atoms with E-state index in [1.807, 2.05) is 0 Å². The molecule has 6 nitrogen and oxygen atoms in total. The van der Waals surface area contributed by atoms with Gasteiger partial charge in [0, 0.05) is 6.04 Å². The van der Waals surface area contributed by atoms with E-state index in [0.717, 1.165) is 25.7 Å². The lowest BCUT2D eigenvalue weighted by molar-refractivity contribution is -0.140. The second-order valence-corrected chi connectivity index (χ2v) is 5.65. The van der Waals surface area contributed by atoms with Crippen molar-refractivity contribution in [2.24, 2.45) is 5.41 Å². The number of carbonyl (C=O) groups excluding carboxylic acids is 1. The third-order valence-corrected chi connectivity index (χ3v) is 3.33. The van der Waals surface area contributed by atoms with Gasteiger partial charge < -0.3 is 20.8 Å². The van der Waals surface area contributed by atoms with Crippen molar-refractivity contribution in [3.05, 3.63) is 0 Å². The van der Waals surface area contributed by atoms with Crippen molar-refractivity contribution in [2.75, 3.05) is 6.61 Å². The van der Waals surface area contributed by atoms with Crippen LogP contribution in [-0.2, 0) is 4.79 Å². The summed E-state index contributed by atoms with van der Waals surface area (Å²) in [4.78, 5) is 22.3. The molecule has 1 saturated carbocycles. The lowest BCUT2D eigenvalue weighted by atomic mass is 9.75. The first-order chi connectivity index (χ1) is 8.34. The number of hydrogen-bond donors (Lipinski definition) is 4. The molecule has 1 fully saturated rings. The number of nitrogens with one attached hydrogen (secondary N) is 2. The highest BCUT2D eigenvalue weighted by Crippen LogP contribution is 2.34. The van der Waals surface area contributed by atoms with Crippen LogP contribution < -0.4 is 10.6 Å². The summed E-state index contributed by atoms with van der Waals surface area (Å²) in [5.74, 6) is -1.24. The number of urea groups is 1. The van der Waals surface area contributed by atoms with Gasteiger partial charge in [-0.1, -0.05) is 20.3 Å². The third-order valence-electron chi connectivity index (χ3n) is 3.33. The molecular weight excluding hydrogens is 236 g/mol. The van der Waals surface area contributed by atoms with Crippen LogP contribution >= 0.6 is 0 Å². The number of carboxylic acids is 1. The molecule has 0 aliphatic heterocycles. The Morgan fingerprint density at radius 2 is 2.11 bits per heavy atom. The molecule has 104 valence electrons. The van der Waals surface area contributed by atoms with Gasteiger partial charge in [-0.25, -0.2) is 9.59 Å². The number of carbonyl (C=O) groups is 2. The van der Waals surface area contributed by atoms with Crippen LogP contribution in [0.1, 0.15) is 39.5 Å². The van der Waals surface area contributed by atoms with E-state index in [4.69, 9.17) is 10.2 Å². The molecule has 0 saturated heterocycles. The Balaban J connectivity index is 2.42. The molecule has 0 aromatic rings. The maximum atomic E-state index is 11.6. The van der Waals surface area contributed by atoms with Crippen LogP contribution in [-0.4, -0.2) is 40.9 Å². The van der Waals surface area contributed by atoms with E-state index in [0.29, 0.717) is 0 Å². The Kier molecular flexibility index (Phi) is 4.95. The largest absolute Gasteiger partial charge is 0.480 e. The third kappa shape index (κ3) is 4.52. The minimum atomic E-state index is -1.25. The Bertz CT molecular complexity index is 317. The SMILES string of the molecule is CC1(C)CCCC(NC(=O)N[C@H](CO)C(=O)O)C1. The van der Waals surface area contributed by atoms with E-state index >= 15 is 0 Å². The number of aliphatic hydroxyl groups excluding tert-OH is 1. The van der Waals surface area contributed by atoms with Crippen LogP contribution in [0.15, 0.2) is 0 Å². The van der Waals surface area contributed by atoms with E-state index in [-0.39, 0.29) is 11.5 Å². The molecule has 18 heavy (non-hydrogen) atoms. The van der Waals surface area contributed by atoms with Gasteiger partial charge >= 0.3 is 12.0 Å². The van der Waals surface area contributed by atoms with E-state index < -0.39 is 24.6 Å². The number of hydrogen-bond acceptors (Lipinski definition) is 3. The molecule has 4 N–H and O–H groups in total. The van der Waals surface area contributed by atoms with Crippen molar-refractivity contribution in [2.45, 2.75) is 51.6 Å². The van der Waals surface area contributed by atoms with Crippen molar-refractivity contribution in [1.82, 2.24) is 10.6 Å². The molecule has 0 radical (unpaired) electrons. The average molecular weight is 258 g/mol. The van der Waals surface area contributed by atoms with Gasteiger partial charge in [0.25, 0.3) is 0 Å². The van der Waals surface area contributed by atoms with Gasteiger partial charge in [-0.15, -0.1) is 0 Å². The minimum absolute atomic E-state index is 0.0712. The van der Waals surface area contributed by atoms with Crippen LogP contribution in [0, 0.1) is 5.41 Å². The predicted octanol–water partition coefficient (Wildman–Crippen LogP) is 0.700. The van der Waals surface area contributed by atoms with Gasteiger partial charge in [0.2, 0.25) is 0 Å². The van der Waals surface area contributed by atoms with Gasteiger partial charge in [-0.2, -0.15) is 0 Å². The monoisotopic (exact) mass is 258 g/mol. The summed E-state index contributed by atoms with van der Waals surface area (Å²) in [5.41, 5.74) is 0.208. The maximum absolute atomic E-state index is 11.6. The topological polar surface area (TPSA) is 98.7 Å². The van der Waals surface area contributed by atoms with Crippen molar-refractivity contribution in [1.29, 1.82) is 0 Å². The first kappa shape index (κ1) is 14.8. The zero-order valence-corrected chi connectivity index (χ0v) is 10.9. The first-order valence-electron chi connectivity index (χ1n) is 6.25. The van der Waals surface area contributed by atoms with Crippen molar-refractivity contribution < 1.29 is 19.8 Å². The molecule has 1 aliphatic rings. The van der Waals surface area contributed by atoms with E-state index in [1.165, 1.54) is 0 Å². The second kappa shape index (κ2) is 6.04. The summed E-state index contributed by atoms with van der Waals surface area (Å²) < 4.78 is 0. The van der Waals surface area contributed by atoms with Crippen molar-refractivity contribution in [3.8, 4) is 0 Å². The number of aliphatic hydroxyl groups is 1. The fraction of sp³-hybridized carbons (Fsp3) is 0.833. The lowest BCUT2D eigenvalue weighted by Crippen LogP contribution is -2.51. The van der Waals surface area contributed by atoms with Crippen LogP contribution in [0.4, 0.5) is 4.79 Å². The normalized spacial score (nSPS) is 24.1. The van der Waals surface area contributed by atoms with Crippen LogP contribution in [0.25, 0.3) is 0 Å². The lowest BCUT2D eigenvalue weighted by Gasteiger charge is -2.35. The van der Waals surface area contributed by atoms with Crippen molar-refractivity contribution >= 4 is 12.0 Å². The molecule has 2 amide bonds. The number of aliphatic carboxylic acids is 1. The van der Waals surface area contributed by atoms with Crippen LogP contribution in [0.5, 0.6) is 0 Å². The highest BCUT2D eigenvalue weighted by molar-refractivity contribution is 5.82. The average Bonchev–Trinajstić information content (AvgIpc) is 2.23. The van der Waals surface area contributed by atoms with E-state index in [1.54, 1.807) is 0 Å². The molecule has 0 spiro atoms.